The van der Waals surface area contributed by atoms with Gasteiger partial charge in [0.25, 0.3) is 0 Å². The lowest BCUT2D eigenvalue weighted by atomic mass is 10.1. The molecule has 0 unspecified atom stereocenters. The third-order valence-electron chi connectivity index (χ3n) is 3.61. The van der Waals surface area contributed by atoms with Crippen LogP contribution in [0.5, 0.6) is 0 Å². The second-order valence-corrected chi connectivity index (χ2v) is 6.61. The fourth-order valence-corrected chi connectivity index (χ4v) is 3.47. The summed E-state index contributed by atoms with van der Waals surface area (Å²) in [7, 11) is 0. The van der Waals surface area contributed by atoms with Gasteiger partial charge in [0.05, 0.1) is 6.04 Å². The molecule has 0 spiro atoms. The van der Waals surface area contributed by atoms with Crippen molar-refractivity contribution in [3.05, 3.63) is 77.7 Å². The van der Waals surface area contributed by atoms with E-state index in [1.54, 1.807) is 11.3 Å². The second kappa shape index (κ2) is 7.40. The van der Waals surface area contributed by atoms with Crippen molar-refractivity contribution >= 4 is 34.4 Å². The quantitative estimate of drug-likeness (QED) is 0.617. The highest BCUT2D eigenvalue weighted by atomic mass is 32.1. The zero-order valence-electron chi connectivity index (χ0n) is 12.8. The maximum absolute atomic E-state index is 5.48. The van der Waals surface area contributed by atoms with Crippen LogP contribution in [0.25, 0.3) is 10.4 Å². The predicted octanol–water partition coefficient (Wildman–Crippen LogP) is 5.46. The lowest BCUT2D eigenvalue weighted by molar-refractivity contribution is 0.723. The largest absolute Gasteiger partial charge is 0.356 e. The van der Waals surface area contributed by atoms with Crippen molar-refractivity contribution in [2.45, 2.75) is 13.0 Å². The first-order valence-electron chi connectivity index (χ1n) is 7.49. The first-order chi connectivity index (χ1) is 11.2. The van der Waals surface area contributed by atoms with Gasteiger partial charge in [0, 0.05) is 16.1 Å². The van der Waals surface area contributed by atoms with Gasteiger partial charge in [-0.25, -0.2) is 0 Å². The molecule has 2 N–H and O–H groups in total. The fraction of sp³-hybridized carbons (Fsp3) is 0.105. The molecule has 0 fully saturated rings. The predicted molar refractivity (Wildman–Crippen MR) is 104 cm³/mol. The van der Waals surface area contributed by atoms with Gasteiger partial charge in [-0.05, 0) is 42.2 Å². The zero-order valence-corrected chi connectivity index (χ0v) is 14.5. The molecule has 23 heavy (non-hydrogen) atoms. The molecule has 3 aromatic rings. The highest BCUT2D eigenvalue weighted by Crippen LogP contribution is 2.31. The molecule has 116 valence electrons. The summed E-state index contributed by atoms with van der Waals surface area (Å²) < 4.78 is 0. The van der Waals surface area contributed by atoms with Crippen LogP contribution in [0.3, 0.4) is 0 Å². The molecule has 1 atom stereocenters. The standard InChI is InChI=1S/C19H18N2S2/c1-14(15-8-3-2-4-9-15)20-19(22)21-17-11-6-5-10-16(17)18-12-7-13-23-18/h2-14H,1H3,(H2,20,21,22)/t14-/m0/s1. The van der Waals surface area contributed by atoms with Gasteiger partial charge in [0.15, 0.2) is 5.11 Å². The van der Waals surface area contributed by atoms with E-state index in [2.05, 4.69) is 59.3 Å². The average molecular weight is 339 g/mol. The molecule has 2 aromatic carbocycles. The van der Waals surface area contributed by atoms with Gasteiger partial charge >= 0.3 is 0 Å². The van der Waals surface area contributed by atoms with Gasteiger partial charge < -0.3 is 10.6 Å². The Bertz CT molecular complexity index is 767. The number of thiocarbonyl (C=S) groups is 1. The summed E-state index contributed by atoms with van der Waals surface area (Å²) in [5.41, 5.74) is 3.40. The summed E-state index contributed by atoms with van der Waals surface area (Å²) in [5.74, 6) is 0. The lowest BCUT2D eigenvalue weighted by Crippen LogP contribution is -2.31. The number of rotatable bonds is 4. The van der Waals surface area contributed by atoms with Crippen molar-refractivity contribution in [2.75, 3.05) is 5.32 Å². The van der Waals surface area contributed by atoms with Crippen LogP contribution in [0, 0.1) is 0 Å². The van der Waals surface area contributed by atoms with E-state index in [9.17, 15) is 0 Å². The molecule has 0 bridgehead atoms. The third-order valence-corrected chi connectivity index (χ3v) is 4.73. The molecule has 4 heteroatoms. The smallest absolute Gasteiger partial charge is 0.171 e. The topological polar surface area (TPSA) is 24.1 Å². The first kappa shape index (κ1) is 15.7. The maximum Gasteiger partial charge on any atom is 0.171 e. The number of para-hydroxylation sites is 1. The fourth-order valence-electron chi connectivity index (χ4n) is 2.42. The van der Waals surface area contributed by atoms with Crippen LogP contribution >= 0.6 is 23.6 Å². The molecule has 0 saturated heterocycles. The van der Waals surface area contributed by atoms with E-state index >= 15 is 0 Å². The van der Waals surface area contributed by atoms with Gasteiger partial charge in [-0.1, -0.05) is 54.6 Å². The Kier molecular flexibility index (Phi) is 5.05. The van der Waals surface area contributed by atoms with E-state index in [1.165, 1.54) is 16.0 Å². The van der Waals surface area contributed by atoms with Crippen molar-refractivity contribution in [1.82, 2.24) is 5.32 Å². The minimum atomic E-state index is 0.158. The lowest BCUT2D eigenvalue weighted by Gasteiger charge is -2.18. The van der Waals surface area contributed by atoms with Gasteiger partial charge in [-0.3, -0.25) is 0 Å². The summed E-state index contributed by atoms with van der Waals surface area (Å²) in [4.78, 5) is 1.23. The molecule has 0 amide bonds. The molecule has 0 aliphatic rings. The molecule has 0 saturated carbocycles. The summed E-state index contributed by atoms with van der Waals surface area (Å²) in [5, 5.41) is 9.38. The number of thiophene rings is 1. The molecular weight excluding hydrogens is 320 g/mol. The number of hydrogen-bond donors (Lipinski definition) is 2. The molecule has 1 heterocycles. The second-order valence-electron chi connectivity index (χ2n) is 5.25. The molecule has 1 aromatic heterocycles. The van der Waals surface area contributed by atoms with E-state index in [1.807, 2.05) is 30.3 Å². The zero-order chi connectivity index (χ0) is 16.1. The van der Waals surface area contributed by atoms with Crippen molar-refractivity contribution < 1.29 is 0 Å². The van der Waals surface area contributed by atoms with Crippen molar-refractivity contribution in [2.24, 2.45) is 0 Å². The Labute approximate surface area is 146 Å². The van der Waals surface area contributed by atoms with E-state index in [0.29, 0.717) is 5.11 Å². The average Bonchev–Trinajstić information content (AvgIpc) is 3.10. The Balaban J connectivity index is 1.72. The van der Waals surface area contributed by atoms with E-state index in [-0.39, 0.29) is 6.04 Å². The highest BCUT2D eigenvalue weighted by Gasteiger charge is 2.09. The minimum Gasteiger partial charge on any atom is -0.356 e. The molecule has 0 aliphatic carbocycles. The molecule has 0 aliphatic heterocycles. The Morgan fingerprint density at radius 2 is 1.70 bits per heavy atom. The Morgan fingerprint density at radius 1 is 0.957 bits per heavy atom. The molecule has 3 rings (SSSR count). The molecule has 0 radical (unpaired) electrons. The van der Waals surface area contributed by atoms with Crippen LogP contribution in [0.4, 0.5) is 5.69 Å². The van der Waals surface area contributed by atoms with Gasteiger partial charge in [0.1, 0.15) is 0 Å². The van der Waals surface area contributed by atoms with E-state index in [0.717, 1.165) is 5.69 Å². The van der Waals surface area contributed by atoms with Crippen molar-refractivity contribution in [1.29, 1.82) is 0 Å². The SMILES string of the molecule is C[C@H](NC(=S)Nc1ccccc1-c1cccs1)c1ccccc1. The van der Waals surface area contributed by atoms with Crippen LogP contribution in [-0.2, 0) is 0 Å². The summed E-state index contributed by atoms with van der Waals surface area (Å²) >= 11 is 7.21. The van der Waals surface area contributed by atoms with Crippen LogP contribution in [-0.4, -0.2) is 5.11 Å². The van der Waals surface area contributed by atoms with E-state index < -0.39 is 0 Å². The molecular formula is C19H18N2S2. The summed E-state index contributed by atoms with van der Waals surface area (Å²) in [6.07, 6.45) is 0. The minimum absolute atomic E-state index is 0.158. The highest BCUT2D eigenvalue weighted by molar-refractivity contribution is 7.80. The summed E-state index contributed by atoms with van der Waals surface area (Å²) in [6.45, 7) is 2.11. The Hall–Kier alpha value is -2.17. The monoisotopic (exact) mass is 338 g/mol. The van der Waals surface area contributed by atoms with Gasteiger partial charge in [0.2, 0.25) is 0 Å². The van der Waals surface area contributed by atoms with Crippen molar-refractivity contribution in [3.8, 4) is 10.4 Å². The third kappa shape index (κ3) is 3.97. The van der Waals surface area contributed by atoms with E-state index in [4.69, 9.17) is 12.2 Å². The van der Waals surface area contributed by atoms with Crippen molar-refractivity contribution in [3.63, 3.8) is 0 Å². The van der Waals surface area contributed by atoms with Crippen LogP contribution in [0.15, 0.2) is 72.1 Å². The normalized spacial score (nSPS) is 11.7. The Morgan fingerprint density at radius 3 is 2.43 bits per heavy atom. The summed E-state index contributed by atoms with van der Waals surface area (Å²) in [6, 6.07) is 22.8. The maximum atomic E-state index is 5.48. The van der Waals surface area contributed by atoms with Gasteiger partial charge in [-0.15, -0.1) is 11.3 Å². The first-order valence-corrected chi connectivity index (χ1v) is 8.78. The van der Waals surface area contributed by atoms with Crippen LogP contribution in [0.2, 0.25) is 0 Å². The molecule has 2 nitrogen and oxygen atoms in total. The number of benzene rings is 2. The number of hydrogen-bond acceptors (Lipinski definition) is 2. The number of nitrogens with one attached hydrogen (secondary N) is 2. The van der Waals surface area contributed by atoms with Crippen LogP contribution < -0.4 is 10.6 Å². The number of anilines is 1. The van der Waals surface area contributed by atoms with Gasteiger partial charge in [-0.2, -0.15) is 0 Å². The van der Waals surface area contributed by atoms with Crippen LogP contribution in [0.1, 0.15) is 18.5 Å².